The summed E-state index contributed by atoms with van der Waals surface area (Å²) in [6.07, 6.45) is 2.95. The summed E-state index contributed by atoms with van der Waals surface area (Å²) in [4.78, 5) is 9.20. The first kappa shape index (κ1) is 14.3. The van der Waals surface area contributed by atoms with Crippen LogP contribution in [0.2, 0.25) is 0 Å². The lowest BCUT2D eigenvalue weighted by Crippen LogP contribution is -2.20. The molecule has 0 fully saturated rings. The van der Waals surface area contributed by atoms with E-state index in [2.05, 4.69) is 37.2 Å². The topological polar surface area (TPSA) is 30.7 Å². The van der Waals surface area contributed by atoms with Gasteiger partial charge in [0.05, 0.1) is 5.38 Å². The van der Waals surface area contributed by atoms with Crippen LogP contribution in [0.4, 0.5) is 0 Å². The minimum Gasteiger partial charge on any atom is -0.311 e. The van der Waals surface area contributed by atoms with Gasteiger partial charge in [0, 0.05) is 12.7 Å². The number of fused-ring (bicyclic) bond motifs is 1. The van der Waals surface area contributed by atoms with Gasteiger partial charge in [0.25, 0.3) is 0 Å². The van der Waals surface area contributed by atoms with E-state index < -0.39 is 0 Å². The van der Waals surface area contributed by atoms with E-state index in [4.69, 9.17) is 16.6 Å². The quantitative estimate of drug-likeness (QED) is 0.773. The second kappa shape index (κ2) is 5.12. The predicted molar refractivity (Wildman–Crippen MR) is 80.6 cm³/mol. The first-order chi connectivity index (χ1) is 8.85. The molecular formula is C15H22ClN3. The Hall–Kier alpha value is -1.09. The smallest absolute Gasteiger partial charge is 0.160 e. The highest BCUT2D eigenvalue weighted by Gasteiger charge is 2.23. The molecule has 4 heteroatoms. The molecule has 0 saturated heterocycles. The SMILES string of the molecule is CCC(C)(C)Cn1c(C(C)Cl)nc2c(C)ccnc21. The van der Waals surface area contributed by atoms with Crippen molar-refractivity contribution in [2.45, 2.75) is 53.0 Å². The monoisotopic (exact) mass is 279 g/mol. The molecule has 2 heterocycles. The van der Waals surface area contributed by atoms with E-state index in [0.29, 0.717) is 0 Å². The minimum absolute atomic E-state index is 0.110. The molecule has 2 rings (SSSR count). The third kappa shape index (κ3) is 2.76. The van der Waals surface area contributed by atoms with Crippen LogP contribution in [-0.2, 0) is 6.54 Å². The van der Waals surface area contributed by atoms with Crippen molar-refractivity contribution in [3.63, 3.8) is 0 Å². The van der Waals surface area contributed by atoms with Gasteiger partial charge >= 0.3 is 0 Å². The van der Waals surface area contributed by atoms with Crippen molar-refractivity contribution in [3.05, 3.63) is 23.7 Å². The maximum Gasteiger partial charge on any atom is 0.160 e. The van der Waals surface area contributed by atoms with Crippen molar-refractivity contribution in [2.24, 2.45) is 5.41 Å². The number of pyridine rings is 1. The first-order valence-corrected chi connectivity index (χ1v) is 7.25. The van der Waals surface area contributed by atoms with Gasteiger partial charge in [-0.1, -0.05) is 20.8 Å². The van der Waals surface area contributed by atoms with Crippen LogP contribution in [-0.4, -0.2) is 14.5 Å². The Bertz CT molecular complexity index is 584. The molecule has 0 aliphatic carbocycles. The summed E-state index contributed by atoms with van der Waals surface area (Å²) in [5.74, 6) is 0.917. The van der Waals surface area contributed by atoms with Crippen LogP contribution in [0, 0.1) is 12.3 Å². The van der Waals surface area contributed by atoms with Gasteiger partial charge in [-0.25, -0.2) is 9.97 Å². The van der Waals surface area contributed by atoms with Gasteiger partial charge in [-0.05, 0) is 37.3 Å². The number of nitrogens with zero attached hydrogens (tertiary/aromatic N) is 3. The van der Waals surface area contributed by atoms with Crippen molar-refractivity contribution in [1.29, 1.82) is 0 Å². The Balaban J connectivity index is 2.62. The summed E-state index contributed by atoms with van der Waals surface area (Å²) < 4.78 is 2.18. The Morgan fingerprint density at radius 3 is 2.68 bits per heavy atom. The lowest BCUT2D eigenvalue weighted by molar-refractivity contribution is 0.293. The number of hydrogen-bond donors (Lipinski definition) is 0. The van der Waals surface area contributed by atoms with E-state index in [1.807, 2.05) is 19.2 Å². The highest BCUT2D eigenvalue weighted by Crippen LogP contribution is 2.30. The van der Waals surface area contributed by atoms with Gasteiger partial charge in [-0.2, -0.15) is 0 Å². The standard InChI is InChI=1S/C15H22ClN3/c1-6-15(4,5)9-19-13(11(3)16)18-12-10(2)7-8-17-14(12)19/h7-8,11H,6,9H2,1-5H3. The highest BCUT2D eigenvalue weighted by atomic mass is 35.5. The molecule has 0 aliphatic heterocycles. The Kier molecular flexibility index (Phi) is 3.86. The van der Waals surface area contributed by atoms with E-state index in [1.54, 1.807) is 0 Å². The molecular weight excluding hydrogens is 258 g/mol. The van der Waals surface area contributed by atoms with Crippen molar-refractivity contribution < 1.29 is 0 Å². The van der Waals surface area contributed by atoms with Crippen LogP contribution in [0.3, 0.4) is 0 Å². The van der Waals surface area contributed by atoms with E-state index in [9.17, 15) is 0 Å². The maximum absolute atomic E-state index is 6.29. The maximum atomic E-state index is 6.29. The lowest BCUT2D eigenvalue weighted by Gasteiger charge is -2.24. The number of aryl methyl sites for hydroxylation is 1. The number of hydrogen-bond acceptors (Lipinski definition) is 2. The van der Waals surface area contributed by atoms with Crippen LogP contribution in [0.5, 0.6) is 0 Å². The summed E-state index contributed by atoms with van der Waals surface area (Å²) in [6.45, 7) is 11.7. The lowest BCUT2D eigenvalue weighted by atomic mass is 9.90. The van der Waals surface area contributed by atoms with E-state index in [-0.39, 0.29) is 10.8 Å². The molecule has 2 aromatic rings. The molecule has 1 atom stereocenters. The van der Waals surface area contributed by atoms with Gasteiger partial charge in [0.15, 0.2) is 5.65 Å². The third-order valence-electron chi connectivity index (χ3n) is 3.76. The van der Waals surface area contributed by atoms with Crippen molar-refractivity contribution in [1.82, 2.24) is 14.5 Å². The molecule has 0 amide bonds. The number of aromatic nitrogens is 3. The summed E-state index contributed by atoms with van der Waals surface area (Å²) in [7, 11) is 0. The van der Waals surface area contributed by atoms with E-state index in [1.165, 1.54) is 0 Å². The van der Waals surface area contributed by atoms with E-state index in [0.717, 1.165) is 35.5 Å². The number of halogens is 1. The summed E-state index contributed by atoms with van der Waals surface area (Å²) in [5, 5.41) is -0.110. The van der Waals surface area contributed by atoms with Crippen LogP contribution in [0.25, 0.3) is 11.2 Å². The molecule has 0 saturated carbocycles. The highest BCUT2D eigenvalue weighted by molar-refractivity contribution is 6.20. The Morgan fingerprint density at radius 1 is 1.42 bits per heavy atom. The van der Waals surface area contributed by atoms with Gasteiger partial charge in [0.1, 0.15) is 11.3 Å². The molecule has 0 aliphatic rings. The fourth-order valence-electron chi connectivity index (χ4n) is 2.15. The predicted octanol–water partition coefficient (Wildman–Crippen LogP) is 4.48. The van der Waals surface area contributed by atoms with Gasteiger partial charge in [0.2, 0.25) is 0 Å². The number of rotatable bonds is 4. The van der Waals surface area contributed by atoms with Gasteiger partial charge in [-0.15, -0.1) is 11.6 Å². The summed E-state index contributed by atoms with van der Waals surface area (Å²) >= 11 is 6.29. The number of alkyl halides is 1. The average Bonchev–Trinajstić information content (AvgIpc) is 2.69. The second-order valence-electron chi connectivity index (χ2n) is 5.99. The zero-order valence-corrected chi connectivity index (χ0v) is 13.1. The normalized spacial score (nSPS) is 14.0. The first-order valence-electron chi connectivity index (χ1n) is 6.81. The van der Waals surface area contributed by atoms with Gasteiger partial charge < -0.3 is 4.57 Å². The molecule has 1 unspecified atom stereocenters. The zero-order chi connectivity index (χ0) is 14.2. The van der Waals surface area contributed by atoms with Crippen molar-refractivity contribution >= 4 is 22.8 Å². The molecule has 19 heavy (non-hydrogen) atoms. The Labute approximate surface area is 120 Å². The van der Waals surface area contributed by atoms with Crippen LogP contribution in [0.15, 0.2) is 12.3 Å². The average molecular weight is 280 g/mol. The fourth-order valence-corrected chi connectivity index (χ4v) is 2.32. The zero-order valence-electron chi connectivity index (χ0n) is 12.4. The third-order valence-corrected chi connectivity index (χ3v) is 3.96. The molecule has 0 spiro atoms. The molecule has 104 valence electrons. The van der Waals surface area contributed by atoms with E-state index >= 15 is 0 Å². The molecule has 0 N–H and O–H groups in total. The van der Waals surface area contributed by atoms with Crippen LogP contribution < -0.4 is 0 Å². The molecule has 2 aromatic heterocycles. The fraction of sp³-hybridized carbons (Fsp3) is 0.600. The number of imidazole rings is 1. The summed E-state index contributed by atoms with van der Waals surface area (Å²) in [6, 6.07) is 1.99. The summed E-state index contributed by atoms with van der Waals surface area (Å²) in [5.41, 5.74) is 3.28. The van der Waals surface area contributed by atoms with Crippen LogP contribution >= 0.6 is 11.6 Å². The van der Waals surface area contributed by atoms with Gasteiger partial charge in [-0.3, -0.25) is 0 Å². The largest absolute Gasteiger partial charge is 0.311 e. The Morgan fingerprint density at radius 2 is 2.11 bits per heavy atom. The molecule has 0 radical (unpaired) electrons. The molecule has 3 nitrogen and oxygen atoms in total. The molecule has 0 bridgehead atoms. The van der Waals surface area contributed by atoms with Crippen molar-refractivity contribution in [3.8, 4) is 0 Å². The van der Waals surface area contributed by atoms with Crippen LogP contribution in [0.1, 0.15) is 50.9 Å². The second-order valence-corrected chi connectivity index (χ2v) is 6.64. The van der Waals surface area contributed by atoms with Crippen molar-refractivity contribution in [2.75, 3.05) is 0 Å². The molecule has 0 aromatic carbocycles. The minimum atomic E-state index is -0.110.